The van der Waals surface area contributed by atoms with Crippen LogP contribution in [-0.2, 0) is 9.53 Å². The summed E-state index contributed by atoms with van der Waals surface area (Å²) in [5.41, 5.74) is 0. The van der Waals surface area contributed by atoms with Crippen molar-refractivity contribution in [2.75, 3.05) is 20.3 Å². The number of carbonyl (C=O) groups is 1. The van der Waals surface area contributed by atoms with Crippen LogP contribution in [0.2, 0.25) is 0 Å². The fourth-order valence-electron chi connectivity index (χ4n) is 2.58. The van der Waals surface area contributed by atoms with Gasteiger partial charge in [0.05, 0.1) is 12.5 Å². The molecule has 0 saturated heterocycles. The minimum absolute atomic E-state index is 0.0618. The van der Waals surface area contributed by atoms with Crippen molar-refractivity contribution in [3.05, 3.63) is 0 Å². The Morgan fingerprint density at radius 2 is 2.05 bits per heavy atom. The van der Waals surface area contributed by atoms with Gasteiger partial charge in [-0.25, -0.2) is 0 Å². The molecular weight excluding hydrogens is 339 g/mol. The molecule has 3 atom stereocenters. The van der Waals surface area contributed by atoms with Crippen LogP contribution in [0.5, 0.6) is 0 Å². The molecule has 0 heterocycles. The lowest BCUT2D eigenvalue weighted by Crippen LogP contribution is -2.43. The summed E-state index contributed by atoms with van der Waals surface area (Å²) >= 11 is 3.37. The van der Waals surface area contributed by atoms with Crippen molar-refractivity contribution < 1.29 is 22.7 Å². The van der Waals surface area contributed by atoms with E-state index in [2.05, 4.69) is 21.2 Å². The van der Waals surface area contributed by atoms with Crippen molar-refractivity contribution in [1.82, 2.24) is 5.32 Å². The van der Waals surface area contributed by atoms with Crippen LogP contribution in [0, 0.1) is 11.8 Å². The molecule has 1 saturated carbocycles. The highest BCUT2D eigenvalue weighted by Gasteiger charge is 2.47. The predicted molar refractivity (Wildman–Crippen MR) is 73.7 cm³/mol. The molecule has 1 N–H and O–H groups in total. The maximum atomic E-state index is 12.9. The average molecular weight is 360 g/mol. The molecule has 0 aliphatic heterocycles. The standard InChI is InChI=1S/C13H21BrF3NO2/c1-20-8-9(14)6-7-18-12(19)10-4-2-3-5-11(10)13(15,16)17/h9-11H,2-8H2,1H3,(H,18,19). The molecule has 0 radical (unpaired) electrons. The summed E-state index contributed by atoms with van der Waals surface area (Å²) in [6, 6.07) is 0. The highest BCUT2D eigenvalue weighted by Crippen LogP contribution is 2.41. The molecule has 1 fully saturated rings. The van der Waals surface area contributed by atoms with Gasteiger partial charge in [-0.05, 0) is 19.3 Å². The van der Waals surface area contributed by atoms with Gasteiger partial charge in [-0.1, -0.05) is 28.8 Å². The Labute approximate surface area is 125 Å². The first-order valence-corrected chi connectivity index (χ1v) is 7.75. The zero-order valence-electron chi connectivity index (χ0n) is 11.5. The van der Waals surface area contributed by atoms with Gasteiger partial charge in [-0.2, -0.15) is 13.2 Å². The molecule has 0 aromatic carbocycles. The van der Waals surface area contributed by atoms with Crippen molar-refractivity contribution in [3.63, 3.8) is 0 Å². The number of halogens is 4. The highest BCUT2D eigenvalue weighted by molar-refractivity contribution is 9.09. The maximum absolute atomic E-state index is 12.9. The van der Waals surface area contributed by atoms with E-state index in [1.54, 1.807) is 7.11 Å². The van der Waals surface area contributed by atoms with Gasteiger partial charge in [0, 0.05) is 24.4 Å². The Morgan fingerprint density at radius 1 is 1.40 bits per heavy atom. The number of hydrogen-bond acceptors (Lipinski definition) is 2. The fraction of sp³-hybridized carbons (Fsp3) is 0.923. The van der Waals surface area contributed by atoms with Crippen molar-refractivity contribution >= 4 is 21.8 Å². The first-order valence-electron chi connectivity index (χ1n) is 6.83. The number of ether oxygens (including phenoxy) is 1. The molecule has 3 unspecified atom stereocenters. The summed E-state index contributed by atoms with van der Waals surface area (Å²) < 4.78 is 43.6. The smallest absolute Gasteiger partial charge is 0.384 e. The first-order chi connectivity index (χ1) is 9.36. The van der Waals surface area contributed by atoms with Crippen molar-refractivity contribution in [2.45, 2.75) is 43.1 Å². The van der Waals surface area contributed by atoms with E-state index in [0.29, 0.717) is 38.8 Å². The van der Waals surface area contributed by atoms with E-state index in [1.165, 1.54) is 0 Å². The number of alkyl halides is 4. The second-order valence-electron chi connectivity index (χ2n) is 5.17. The van der Waals surface area contributed by atoms with Gasteiger partial charge in [-0.15, -0.1) is 0 Å². The normalized spacial score (nSPS) is 25.2. The van der Waals surface area contributed by atoms with Gasteiger partial charge in [0.1, 0.15) is 0 Å². The third-order valence-electron chi connectivity index (χ3n) is 3.63. The lowest BCUT2D eigenvalue weighted by atomic mass is 9.78. The van der Waals surface area contributed by atoms with Crippen molar-refractivity contribution in [1.29, 1.82) is 0 Å². The molecule has 1 amide bonds. The first kappa shape index (κ1) is 17.8. The molecule has 20 heavy (non-hydrogen) atoms. The van der Waals surface area contributed by atoms with Crippen molar-refractivity contribution in [2.24, 2.45) is 11.8 Å². The number of methoxy groups -OCH3 is 1. The van der Waals surface area contributed by atoms with Crippen LogP contribution >= 0.6 is 15.9 Å². The number of carbonyl (C=O) groups excluding carboxylic acids is 1. The lowest BCUT2D eigenvalue weighted by Gasteiger charge is -2.32. The molecular formula is C13H21BrF3NO2. The SMILES string of the molecule is COCC(Br)CCNC(=O)C1CCCCC1C(F)(F)F. The number of rotatable bonds is 6. The Hall–Kier alpha value is -0.300. The van der Waals surface area contributed by atoms with Crippen LogP contribution in [0.25, 0.3) is 0 Å². The second kappa shape index (κ2) is 8.22. The van der Waals surface area contributed by atoms with Gasteiger partial charge in [0.25, 0.3) is 0 Å². The minimum atomic E-state index is -4.28. The Balaban J connectivity index is 2.44. The van der Waals surface area contributed by atoms with Crippen LogP contribution in [0.3, 0.4) is 0 Å². The molecule has 118 valence electrons. The molecule has 0 spiro atoms. The van der Waals surface area contributed by atoms with Gasteiger partial charge < -0.3 is 10.1 Å². The monoisotopic (exact) mass is 359 g/mol. The zero-order chi connectivity index (χ0) is 15.2. The van der Waals surface area contributed by atoms with E-state index in [9.17, 15) is 18.0 Å². The third-order valence-corrected chi connectivity index (χ3v) is 4.35. The Morgan fingerprint density at radius 3 is 2.65 bits per heavy atom. The van der Waals surface area contributed by atoms with E-state index in [1.807, 2.05) is 0 Å². The van der Waals surface area contributed by atoms with Gasteiger partial charge in [-0.3, -0.25) is 4.79 Å². The highest BCUT2D eigenvalue weighted by atomic mass is 79.9. The summed E-state index contributed by atoms with van der Waals surface area (Å²) in [4.78, 5) is 12.0. The third kappa shape index (κ3) is 5.60. The average Bonchev–Trinajstić information content (AvgIpc) is 2.38. The lowest BCUT2D eigenvalue weighted by molar-refractivity contribution is -0.198. The van der Waals surface area contributed by atoms with E-state index in [4.69, 9.17) is 4.74 Å². The Bertz CT molecular complexity index is 312. The molecule has 7 heteroatoms. The molecule has 3 nitrogen and oxygen atoms in total. The zero-order valence-corrected chi connectivity index (χ0v) is 13.1. The minimum Gasteiger partial charge on any atom is -0.384 e. The summed E-state index contributed by atoms with van der Waals surface area (Å²) in [6.07, 6.45) is -2.03. The van der Waals surface area contributed by atoms with E-state index >= 15 is 0 Å². The van der Waals surface area contributed by atoms with Gasteiger partial charge in [0.15, 0.2) is 0 Å². The van der Waals surface area contributed by atoms with E-state index < -0.39 is 23.9 Å². The van der Waals surface area contributed by atoms with Gasteiger partial charge >= 0.3 is 6.18 Å². The van der Waals surface area contributed by atoms with Crippen LogP contribution in [0.15, 0.2) is 0 Å². The molecule has 1 aliphatic rings. The largest absolute Gasteiger partial charge is 0.392 e. The maximum Gasteiger partial charge on any atom is 0.392 e. The molecule has 0 aromatic heterocycles. The fourth-order valence-corrected chi connectivity index (χ4v) is 3.08. The number of amides is 1. The summed E-state index contributed by atoms with van der Waals surface area (Å²) in [5, 5.41) is 2.62. The number of nitrogens with one attached hydrogen (secondary N) is 1. The molecule has 0 bridgehead atoms. The van der Waals surface area contributed by atoms with Crippen LogP contribution in [0.1, 0.15) is 32.1 Å². The molecule has 0 aromatic rings. The van der Waals surface area contributed by atoms with Crippen LogP contribution in [-0.4, -0.2) is 37.2 Å². The summed E-state index contributed by atoms with van der Waals surface area (Å²) in [7, 11) is 1.57. The van der Waals surface area contributed by atoms with Crippen LogP contribution < -0.4 is 5.32 Å². The Kier molecular flexibility index (Phi) is 7.29. The van der Waals surface area contributed by atoms with E-state index in [-0.39, 0.29) is 11.2 Å². The van der Waals surface area contributed by atoms with Crippen molar-refractivity contribution in [3.8, 4) is 0 Å². The molecule has 1 aliphatic carbocycles. The summed E-state index contributed by atoms with van der Waals surface area (Å²) in [6.45, 7) is 0.865. The second-order valence-corrected chi connectivity index (χ2v) is 6.47. The van der Waals surface area contributed by atoms with Crippen LogP contribution in [0.4, 0.5) is 13.2 Å². The topological polar surface area (TPSA) is 38.3 Å². The van der Waals surface area contributed by atoms with Gasteiger partial charge in [0.2, 0.25) is 5.91 Å². The summed E-state index contributed by atoms with van der Waals surface area (Å²) in [5.74, 6) is -2.89. The predicted octanol–water partition coefficient (Wildman–Crippen LogP) is 3.27. The number of hydrogen-bond donors (Lipinski definition) is 1. The van der Waals surface area contributed by atoms with E-state index in [0.717, 1.165) is 0 Å². The quantitative estimate of drug-likeness (QED) is 0.739. The molecule has 1 rings (SSSR count).